The Labute approximate surface area is 312 Å². The lowest BCUT2D eigenvalue weighted by atomic mass is 9.93. The summed E-state index contributed by atoms with van der Waals surface area (Å²) in [4.78, 5) is 5.29. The molecule has 1 unspecified atom stereocenters. The molecule has 1 N–H and O–H groups in total. The van der Waals surface area contributed by atoms with Crippen LogP contribution >= 0.6 is 0 Å². The minimum Gasteiger partial charge on any atom is -0.456 e. The van der Waals surface area contributed by atoms with E-state index in [0.717, 1.165) is 61.3 Å². The average molecular weight is 692 g/mol. The van der Waals surface area contributed by atoms with Gasteiger partial charge in [0.05, 0.1) is 22.8 Å². The molecule has 4 nitrogen and oxygen atoms in total. The fourth-order valence-corrected chi connectivity index (χ4v) is 8.28. The highest BCUT2D eigenvalue weighted by atomic mass is 16.3. The highest BCUT2D eigenvalue weighted by molar-refractivity contribution is 6.20. The Morgan fingerprint density at radius 1 is 0.519 bits per heavy atom. The van der Waals surface area contributed by atoms with Gasteiger partial charge < -0.3 is 14.3 Å². The van der Waals surface area contributed by atoms with Crippen LogP contribution in [0.1, 0.15) is 11.1 Å². The summed E-state index contributed by atoms with van der Waals surface area (Å²) in [6.45, 7) is 0. The van der Waals surface area contributed by atoms with Crippen LogP contribution < -0.4 is 5.32 Å². The molecule has 0 amide bonds. The van der Waals surface area contributed by atoms with Gasteiger partial charge in [0.1, 0.15) is 17.0 Å². The van der Waals surface area contributed by atoms with Gasteiger partial charge in [-0.15, -0.1) is 0 Å². The summed E-state index contributed by atoms with van der Waals surface area (Å²) >= 11 is 0. The predicted octanol–water partition coefficient (Wildman–Crippen LogP) is 12.3. The molecule has 11 rings (SSSR count). The second-order valence-electron chi connectivity index (χ2n) is 14.0. The van der Waals surface area contributed by atoms with Gasteiger partial charge in [0.25, 0.3) is 0 Å². The Morgan fingerprint density at radius 3 is 1.81 bits per heavy atom. The lowest BCUT2D eigenvalue weighted by Crippen LogP contribution is -2.39. The van der Waals surface area contributed by atoms with Crippen molar-refractivity contribution in [2.45, 2.75) is 6.04 Å². The lowest BCUT2D eigenvalue weighted by Gasteiger charge is -2.28. The zero-order valence-electron chi connectivity index (χ0n) is 29.3. The fourth-order valence-electron chi connectivity index (χ4n) is 8.28. The maximum Gasteiger partial charge on any atom is 0.137 e. The number of hydrogen-bond acceptors (Lipinski definition) is 3. The molecule has 0 bridgehead atoms. The molecule has 0 radical (unpaired) electrons. The van der Waals surface area contributed by atoms with Crippen molar-refractivity contribution in [1.29, 1.82) is 0 Å². The maximum absolute atomic E-state index is 6.72. The van der Waals surface area contributed by atoms with Crippen LogP contribution in [0.25, 0.3) is 77.4 Å². The first-order valence-corrected chi connectivity index (χ1v) is 18.4. The van der Waals surface area contributed by atoms with Gasteiger partial charge >= 0.3 is 0 Å². The van der Waals surface area contributed by atoms with Crippen LogP contribution in [0.2, 0.25) is 0 Å². The number of furan rings is 1. The summed E-state index contributed by atoms with van der Waals surface area (Å²) in [6, 6.07) is 58.2. The molecule has 1 aliphatic heterocycles. The third-order valence-electron chi connectivity index (χ3n) is 10.8. The molecule has 4 heteroatoms. The van der Waals surface area contributed by atoms with E-state index in [0.29, 0.717) is 0 Å². The highest BCUT2D eigenvalue weighted by Crippen LogP contribution is 2.40. The SMILES string of the molecule is C1=CC2=C(c3ccccc3)N=C(c3cccc4oc5cc(-n6c7cc(-c8ccccc8)ccc7c7ccc(-c8ccccc8)cc76)ccc5c34)NC2C=C1. The molecule has 9 aromatic rings. The minimum atomic E-state index is 0.0228. The van der Waals surface area contributed by atoms with Crippen LogP contribution in [0.3, 0.4) is 0 Å². The molecule has 0 spiro atoms. The summed E-state index contributed by atoms with van der Waals surface area (Å²) < 4.78 is 9.11. The monoisotopic (exact) mass is 691 g/mol. The molecule has 3 heterocycles. The molecule has 1 atom stereocenters. The van der Waals surface area contributed by atoms with E-state index in [4.69, 9.17) is 9.41 Å². The Bertz CT molecular complexity index is 2960. The smallest absolute Gasteiger partial charge is 0.137 e. The topological polar surface area (TPSA) is 42.5 Å². The van der Waals surface area contributed by atoms with Crippen molar-refractivity contribution in [3.63, 3.8) is 0 Å². The van der Waals surface area contributed by atoms with Crippen LogP contribution in [0.4, 0.5) is 0 Å². The van der Waals surface area contributed by atoms with Gasteiger partial charge in [0, 0.05) is 50.0 Å². The quantitative estimate of drug-likeness (QED) is 0.195. The zero-order chi connectivity index (χ0) is 35.6. The molecule has 0 fully saturated rings. The number of nitrogens with zero attached hydrogens (tertiary/aromatic N) is 2. The third kappa shape index (κ3) is 4.88. The van der Waals surface area contributed by atoms with Crippen molar-refractivity contribution >= 4 is 55.3 Å². The number of benzene rings is 7. The van der Waals surface area contributed by atoms with Crippen molar-refractivity contribution in [3.05, 3.63) is 205 Å². The number of amidine groups is 1. The maximum atomic E-state index is 6.72. The van der Waals surface area contributed by atoms with E-state index in [1.807, 2.05) is 6.07 Å². The summed E-state index contributed by atoms with van der Waals surface area (Å²) in [5, 5.41) is 8.27. The number of nitrogens with one attached hydrogen (secondary N) is 1. The summed E-state index contributed by atoms with van der Waals surface area (Å²) in [6.07, 6.45) is 8.55. The molecule has 1 aliphatic carbocycles. The Hall–Kier alpha value is -7.17. The van der Waals surface area contributed by atoms with Gasteiger partial charge in [-0.1, -0.05) is 152 Å². The molecule has 7 aromatic carbocycles. The van der Waals surface area contributed by atoms with E-state index in [1.54, 1.807) is 0 Å². The summed E-state index contributed by atoms with van der Waals surface area (Å²) in [5.74, 6) is 0.837. The number of hydrogen-bond donors (Lipinski definition) is 1. The van der Waals surface area contributed by atoms with E-state index < -0.39 is 0 Å². The molecule has 2 aromatic heterocycles. The van der Waals surface area contributed by atoms with Gasteiger partial charge in [0.2, 0.25) is 0 Å². The summed E-state index contributed by atoms with van der Waals surface area (Å²) in [5.41, 5.74) is 14.0. The Morgan fingerprint density at radius 2 is 1.15 bits per heavy atom. The molecular weight excluding hydrogens is 659 g/mol. The molecular formula is C50H33N3O. The lowest BCUT2D eigenvalue weighted by molar-refractivity contribution is 0.668. The molecule has 0 saturated heterocycles. The third-order valence-corrected chi connectivity index (χ3v) is 10.8. The predicted molar refractivity (Wildman–Crippen MR) is 224 cm³/mol. The van der Waals surface area contributed by atoms with Crippen LogP contribution in [-0.2, 0) is 0 Å². The van der Waals surface area contributed by atoms with Gasteiger partial charge in [-0.25, -0.2) is 4.99 Å². The van der Waals surface area contributed by atoms with E-state index in [2.05, 4.69) is 192 Å². The number of aliphatic imine (C=N–C) groups is 1. The van der Waals surface area contributed by atoms with E-state index in [1.165, 1.54) is 38.6 Å². The van der Waals surface area contributed by atoms with Crippen LogP contribution in [0.5, 0.6) is 0 Å². The van der Waals surface area contributed by atoms with Crippen LogP contribution in [-0.4, -0.2) is 16.4 Å². The van der Waals surface area contributed by atoms with Crippen molar-refractivity contribution in [1.82, 2.24) is 9.88 Å². The fraction of sp³-hybridized carbons (Fsp3) is 0.0200. The first kappa shape index (κ1) is 30.5. The number of allylic oxidation sites excluding steroid dienone is 2. The average Bonchev–Trinajstić information content (AvgIpc) is 3.78. The summed E-state index contributed by atoms with van der Waals surface area (Å²) in [7, 11) is 0. The second kappa shape index (κ2) is 12.2. The number of aromatic nitrogens is 1. The van der Waals surface area contributed by atoms with Crippen molar-refractivity contribution in [2.24, 2.45) is 4.99 Å². The van der Waals surface area contributed by atoms with E-state index >= 15 is 0 Å². The standard InChI is InChI=1S/C50H33N3O/c1-4-13-32(14-5-1)35-23-26-38-39-27-24-36(33-15-6-2-7-16-33)30-45(39)53(44(38)29-35)37-25-28-41-47(31-37)54-46-22-12-20-42(48(41)46)50-51-43-21-11-10-19-40(43)49(52-50)34-17-8-3-9-18-34/h1-31,43H,(H,51,52). The largest absolute Gasteiger partial charge is 0.456 e. The molecule has 254 valence electrons. The first-order chi connectivity index (χ1) is 26.8. The van der Waals surface area contributed by atoms with Gasteiger partial charge in [0.15, 0.2) is 0 Å². The Kier molecular flexibility index (Phi) is 6.89. The van der Waals surface area contributed by atoms with Crippen LogP contribution in [0, 0.1) is 0 Å². The van der Waals surface area contributed by atoms with Gasteiger partial charge in [-0.3, -0.25) is 0 Å². The highest BCUT2D eigenvalue weighted by Gasteiger charge is 2.26. The number of rotatable bonds is 5. The Balaban J connectivity index is 1.11. The molecule has 54 heavy (non-hydrogen) atoms. The van der Waals surface area contributed by atoms with Gasteiger partial charge in [-0.2, -0.15) is 0 Å². The van der Waals surface area contributed by atoms with Crippen LogP contribution in [0.15, 0.2) is 203 Å². The first-order valence-electron chi connectivity index (χ1n) is 18.4. The van der Waals surface area contributed by atoms with Crippen molar-refractivity contribution in [3.8, 4) is 27.9 Å². The molecule has 0 saturated carbocycles. The minimum absolute atomic E-state index is 0.0228. The van der Waals surface area contributed by atoms with Crippen molar-refractivity contribution in [2.75, 3.05) is 0 Å². The van der Waals surface area contributed by atoms with Gasteiger partial charge in [-0.05, 0) is 52.6 Å². The van der Waals surface area contributed by atoms with E-state index in [-0.39, 0.29) is 6.04 Å². The van der Waals surface area contributed by atoms with Crippen molar-refractivity contribution < 1.29 is 4.42 Å². The normalized spacial score (nSPS) is 15.3. The second-order valence-corrected chi connectivity index (χ2v) is 14.0. The van der Waals surface area contributed by atoms with E-state index in [9.17, 15) is 0 Å². The number of fused-ring (bicyclic) bond motifs is 7. The zero-order valence-corrected chi connectivity index (χ0v) is 29.3. The molecule has 2 aliphatic rings.